The van der Waals surface area contributed by atoms with Gasteiger partial charge in [-0.1, -0.05) is 12.1 Å². The van der Waals surface area contributed by atoms with Crippen LogP contribution in [0, 0.1) is 21.0 Å². The molecule has 0 fully saturated rings. The van der Waals surface area contributed by atoms with Gasteiger partial charge in [-0.15, -0.1) is 0 Å². The van der Waals surface area contributed by atoms with Crippen molar-refractivity contribution in [2.24, 2.45) is 0 Å². The maximum atomic E-state index is 2.36. The van der Waals surface area contributed by atoms with Gasteiger partial charge in [-0.25, -0.2) is 0 Å². The maximum absolute atomic E-state index is 2.36. The Labute approximate surface area is 130 Å². The first kappa shape index (κ1) is 13.3. The second-order valence-electron chi connectivity index (χ2n) is 4.32. The van der Waals surface area contributed by atoms with Crippen LogP contribution in [0.3, 0.4) is 0 Å². The standard InChI is InChI=1S/C15H14I2/c1-10-7-14(16)5-3-12(10)9-13-4-6-15(17)8-11(13)2/h3-8H,9H2,1-2H3. The maximum Gasteiger partial charge on any atom is 0.0133 e. The molecule has 0 bridgehead atoms. The summed E-state index contributed by atoms with van der Waals surface area (Å²) < 4.78 is 2.62. The number of aryl methyl sites for hydroxylation is 2. The minimum atomic E-state index is 1.03. The molecule has 0 heterocycles. The average molecular weight is 448 g/mol. The zero-order valence-corrected chi connectivity index (χ0v) is 14.2. The van der Waals surface area contributed by atoms with Crippen molar-refractivity contribution in [2.75, 3.05) is 0 Å². The van der Waals surface area contributed by atoms with Gasteiger partial charge in [0.2, 0.25) is 0 Å². The highest BCUT2D eigenvalue weighted by Gasteiger charge is 2.04. The van der Waals surface area contributed by atoms with Crippen LogP contribution >= 0.6 is 45.2 Å². The molecule has 17 heavy (non-hydrogen) atoms. The molecule has 0 nitrogen and oxygen atoms in total. The highest BCUT2D eigenvalue weighted by Crippen LogP contribution is 2.20. The Morgan fingerprint density at radius 2 is 1.18 bits per heavy atom. The van der Waals surface area contributed by atoms with Gasteiger partial charge in [0, 0.05) is 7.14 Å². The lowest BCUT2D eigenvalue weighted by Gasteiger charge is -2.09. The SMILES string of the molecule is Cc1cc(I)ccc1Cc1ccc(I)cc1C. The molecule has 0 saturated carbocycles. The van der Waals surface area contributed by atoms with E-state index in [1.807, 2.05) is 0 Å². The van der Waals surface area contributed by atoms with Gasteiger partial charge in [0.05, 0.1) is 0 Å². The van der Waals surface area contributed by atoms with Crippen LogP contribution in [-0.4, -0.2) is 0 Å². The third-order valence-corrected chi connectivity index (χ3v) is 4.33. The van der Waals surface area contributed by atoms with E-state index in [0.717, 1.165) is 6.42 Å². The lowest BCUT2D eigenvalue weighted by atomic mass is 9.98. The highest BCUT2D eigenvalue weighted by atomic mass is 127. The molecule has 2 heteroatoms. The molecule has 2 aromatic carbocycles. The van der Waals surface area contributed by atoms with Gasteiger partial charge < -0.3 is 0 Å². The first-order chi connectivity index (χ1) is 8.06. The summed E-state index contributed by atoms with van der Waals surface area (Å²) in [5.74, 6) is 0. The van der Waals surface area contributed by atoms with E-state index in [0.29, 0.717) is 0 Å². The van der Waals surface area contributed by atoms with Gasteiger partial charge in [-0.05, 0) is 112 Å². The molecule has 0 amide bonds. The molecule has 0 radical (unpaired) electrons. The monoisotopic (exact) mass is 448 g/mol. The lowest BCUT2D eigenvalue weighted by molar-refractivity contribution is 1.12. The number of benzene rings is 2. The summed E-state index contributed by atoms with van der Waals surface area (Å²) in [5, 5.41) is 0. The molecule has 0 unspecified atom stereocenters. The normalized spacial score (nSPS) is 10.6. The van der Waals surface area contributed by atoms with Crippen molar-refractivity contribution in [3.05, 3.63) is 65.8 Å². The van der Waals surface area contributed by atoms with Crippen molar-refractivity contribution < 1.29 is 0 Å². The summed E-state index contributed by atoms with van der Waals surface area (Å²) in [7, 11) is 0. The Hall–Kier alpha value is -0.100. The summed E-state index contributed by atoms with van der Waals surface area (Å²) in [5.41, 5.74) is 5.62. The molecule has 0 atom stereocenters. The molecule has 0 spiro atoms. The third kappa shape index (κ3) is 3.44. The number of hydrogen-bond acceptors (Lipinski definition) is 0. The van der Waals surface area contributed by atoms with Gasteiger partial charge in [0.15, 0.2) is 0 Å². The Morgan fingerprint density at radius 1 is 0.765 bits per heavy atom. The van der Waals surface area contributed by atoms with Crippen LogP contribution in [0.5, 0.6) is 0 Å². The topological polar surface area (TPSA) is 0 Å². The van der Waals surface area contributed by atoms with E-state index < -0.39 is 0 Å². The largest absolute Gasteiger partial charge is 0.0574 e. The van der Waals surface area contributed by atoms with Gasteiger partial charge in [0.25, 0.3) is 0 Å². The summed E-state index contributed by atoms with van der Waals surface area (Å²) in [6.45, 7) is 4.39. The fourth-order valence-electron chi connectivity index (χ4n) is 1.92. The molecule has 2 aromatic rings. The van der Waals surface area contributed by atoms with Crippen molar-refractivity contribution in [3.8, 4) is 0 Å². The molecule has 88 valence electrons. The molecular formula is C15H14I2. The smallest absolute Gasteiger partial charge is 0.0133 e. The van der Waals surface area contributed by atoms with Crippen molar-refractivity contribution in [1.29, 1.82) is 0 Å². The van der Waals surface area contributed by atoms with Crippen LogP contribution in [0.4, 0.5) is 0 Å². The summed E-state index contributed by atoms with van der Waals surface area (Å²) in [6, 6.07) is 13.4. The van der Waals surface area contributed by atoms with Gasteiger partial charge in [0.1, 0.15) is 0 Å². The van der Waals surface area contributed by atoms with E-state index in [4.69, 9.17) is 0 Å². The van der Waals surface area contributed by atoms with Gasteiger partial charge in [-0.2, -0.15) is 0 Å². The Balaban J connectivity index is 2.31. The zero-order valence-electron chi connectivity index (χ0n) is 9.93. The third-order valence-electron chi connectivity index (χ3n) is 2.99. The first-order valence-corrected chi connectivity index (χ1v) is 7.72. The quantitative estimate of drug-likeness (QED) is 0.561. The minimum absolute atomic E-state index is 1.03. The number of rotatable bonds is 2. The van der Waals surface area contributed by atoms with E-state index in [1.54, 1.807) is 0 Å². The molecule has 0 saturated heterocycles. The van der Waals surface area contributed by atoms with Crippen molar-refractivity contribution in [1.82, 2.24) is 0 Å². The average Bonchev–Trinajstić information content (AvgIpc) is 2.25. The predicted molar refractivity (Wildman–Crippen MR) is 90.6 cm³/mol. The molecule has 0 N–H and O–H groups in total. The second-order valence-corrected chi connectivity index (χ2v) is 6.81. The van der Waals surface area contributed by atoms with Gasteiger partial charge >= 0.3 is 0 Å². The molecule has 0 aliphatic rings. The van der Waals surface area contributed by atoms with Crippen LogP contribution in [-0.2, 0) is 6.42 Å². The van der Waals surface area contributed by atoms with Crippen LogP contribution in [0.2, 0.25) is 0 Å². The van der Waals surface area contributed by atoms with Crippen molar-refractivity contribution in [3.63, 3.8) is 0 Å². The molecule has 0 aromatic heterocycles. The van der Waals surface area contributed by atoms with E-state index in [2.05, 4.69) is 95.4 Å². The molecule has 0 aliphatic carbocycles. The predicted octanol–water partition coefficient (Wildman–Crippen LogP) is 5.10. The Morgan fingerprint density at radius 3 is 1.53 bits per heavy atom. The minimum Gasteiger partial charge on any atom is -0.0574 e. The number of halogens is 2. The molecular weight excluding hydrogens is 434 g/mol. The van der Waals surface area contributed by atoms with Crippen LogP contribution in [0.15, 0.2) is 36.4 Å². The van der Waals surface area contributed by atoms with Crippen LogP contribution < -0.4 is 0 Å². The van der Waals surface area contributed by atoms with E-state index >= 15 is 0 Å². The Bertz CT molecular complexity index is 495. The summed E-state index contributed by atoms with van der Waals surface area (Å²) in [4.78, 5) is 0. The summed E-state index contributed by atoms with van der Waals surface area (Å²) in [6.07, 6.45) is 1.03. The summed E-state index contributed by atoms with van der Waals surface area (Å²) >= 11 is 4.73. The molecule has 0 aliphatic heterocycles. The van der Waals surface area contributed by atoms with Crippen molar-refractivity contribution >= 4 is 45.2 Å². The first-order valence-electron chi connectivity index (χ1n) is 5.56. The Kier molecular flexibility index (Phi) is 4.47. The van der Waals surface area contributed by atoms with E-state index in [-0.39, 0.29) is 0 Å². The van der Waals surface area contributed by atoms with Gasteiger partial charge in [-0.3, -0.25) is 0 Å². The van der Waals surface area contributed by atoms with E-state index in [9.17, 15) is 0 Å². The van der Waals surface area contributed by atoms with Crippen molar-refractivity contribution in [2.45, 2.75) is 20.3 Å². The van der Waals surface area contributed by atoms with E-state index in [1.165, 1.54) is 29.4 Å². The highest BCUT2D eigenvalue weighted by molar-refractivity contribution is 14.1. The second kappa shape index (κ2) is 5.69. The lowest BCUT2D eigenvalue weighted by Crippen LogP contribution is -1.95. The zero-order chi connectivity index (χ0) is 12.4. The fourth-order valence-corrected chi connectivity index (χ4v) is 3.21. The molecule has 2 rings (SSSR count). The number of hydrogen-bond donors (Lipinski definition) is 0. The fraction of sp³-hybridized carbons (Fsp3) is 0.200. The van der Waals surface area contributed by atoms with Crippen LogP contribution in [0.1, 0.15) is 22.3 Å². The van der Waals surface area contributed by atoms with Crippen LogP contribution in [0.25, 0.3) is 0 Å².